The molecule has 134 valence electrons. The molecule has 1 rings (SSSR count). The Hall–Kier alpha value is -0.790. The molecule has 0 bridgehead atoms. The zero-order chi connectivity index (χ0) is 16.6. The predicted octanol–water partition coefficient (Wildman–Crippen LogP) is 6.28. The average Bonchev–Trinajstić information content (AvgIpc) is 3.00. The van der Waals surface area contributed by atoms with E-state index in [1.54, 1.807) is 0 Å². The van der Waals surface area contributed by atoms with E-state index in [1.165, 1.54) is 96.4 Å². The van der Waals surface area contributed by atoms with Crippen molar-refractivity contribution in [2.75, 3.05) is 0 Å². The first kappa shape index (κ1) is 20.3. The summed E-state index contributed by atoms with van der Waals surface area (Å²) in [5.41, 5.74) is 0. The van der Waals surface area contributed by atoms with E-state index < -0.39 is 0 Å². The Morgan fingerprint density at radius 1 is 0.652 bits per heavy atom. The first-order valence-corrected chi connectivity index (χ1v) is 10.4. The summed E-state index contributed by atoms with van der Waals surface area (Å²) in [4.78, 5) is 0. The number of aryl methyl sites for hydroxylation is 2. The third-order valence-corrected chi connectivity index (χ3v) is 4.75. The molecule has 0 saturated carbocycles. The third kappa shape index (κ3) is 11.4. The van der Waals surface area contributed by atoms with E-state index in [0.29, 0.717) is 0 Å². The quantitative estimate of drug-likeness (QED) is 0.250. The van der Waals surface area contributed by atoms with Crippen LogP contribution in [-0.2, 0) is 13.1 Å². The molecule has 23 heavy (non-hydrogen) atoms. The lowest BCUT2D eigenvalue weighted by molar-refractivity contribution is -0.696. The van der Waals surface area contributed by atoms with Crippen molar-refractivity contribution in [2.24, 2.45) is 0 Å². The van der Waals surface area contributed by atoms with Crippen molar-refractivity contribution in [1.82, 2.24) is 4.57 Å². The number of rotatable bonds is 16. The summed E-state index contributed by atoms with van der Waals surface area (Å²) in [5.74, 6) is 0. The molecular weight excluding hydrogens is 280 g/mol. The van der Waals surface area contributed by atoms with Crippen LogP contribution >= 0.6 is 0 Å². The molecule has 0 amide bonds. The van der Waals surface area contributed by atoms with Crippen LogP contribution in [0.4, 0.5) is 0 Å². The number of hydrogen-bond acceptors (Lipinski definition) is 0. The van der Waals surface area contributed by atoms with Crippen LogP contribution in [0.2, 0.25) is 0 Å². The zero-order valence-electron chi connectivity index (χ0n) is 15.9. The van der Waals surface area contributed by atoms with Gasteiger partial charge in [0.1, 0.15) is 12.4 Å². The molecule has 2 heteroatoms. The summed E-state index contributed by atoms with van der Waals surface area (Å²) in [7, 11) is 0. The van der Waals surface area contributed by atoms with Crippen LogP contribution < -0.4 is 4.57 Å². The summed E-state index contributed by atoms with van der Waals surface area (Å²) < 4.78 is 4.64. The molecule has 0 unspecified atom stereocenters. The van der Waals surface area contributed by atoms with Gasteiger partial charge >= 0.3 is 0 Å². The van der Waals surface area contributed by atoms with Gasteiger partial charge in [-0.05, 0) is 19.3 Å². The van der Waals surface area contributed by atoms with Crippen LogP contribution in [0.25, 0.3) is 0 Å². The van der Waals surface area contributed by atoms with E-state index in [2.05, 4.69) is 41.7 Å². The highest BCUT2D eigenvalue weighted by molar-refractivity contribution is 4.66. The Labute approximate surface area is 145 Å². The van der Waals surface area contributed by atoms with E-state index in [-0.39, 0.29) is 0 Å². The Morgan fingerprint density at radius 2 is 1.17 bits per heavy atom. The second kappa shape index (κ2) is 14.8. The van der Waals surface area contributed by atoms with Crippen LogP contribution in [-0.4, -0.2) is 4.57 Å². The van der Waals surface area contributed by atoms with Gasteiger partial charge in [0.05, 0.1) is 13.1 Å². The molecule has 0 fully saturated rings. The number of unbranched alkanes of at least 4 members (excludes halogenated alkanes) is 12. The van der Waals surface area contributed by atoms with E-state index in [1.807, 2.05) is 0 Å². The Balaban J connectivity index is 1.81. The van der Waals surface area contributed by atoms with Crippen LogP contribution in [0.3, 0.4) is 0 Å². The number of aromatic nitrogens is 2. The van der Waals surface area contributed by atoms with Crippen LogP contribution in [0.5, 0.6) is 0 Å². The first-order chi connectivity index (χ1) is 11.4. The summed E-state index contributed by atoms with van der Waals surface area (Å²) >= 11 is 0. The van der Waals surface area contributed by atoms with E-state index in [0.717, 1.165) is 6.54 Å². The second-order valence-electron chi connectivity index (χ2n) is 7.13. The molecule has 0 aliphatic rings. The minimum Gasteiger partial charge on any atom is -0.237 e. The maximum atomic E-state index is 2.34. The van der Waals surface area contributed by atoms with E-state index >= 15 is 0 Å². The molecule has 2 nitrogen and oxygen atoms in total. The fourth-order valence-corrected chi connectivity index (χ4v) is 3.27. The summed E-state index contributed by atoms with van der Waals surface area (Å²) in [5, 5.41) is 0. The van der Waals surface area contributed by atoms with Crippen LogP contribution in [0.15, 0.2) is 18.7 Å². The van der Waals surface area contributed by atoms with Crippen molar-refractivity contribution in [3.63, 3.8) is 0 Å². The topological polar surface area (TPSA) is 8.81 Å². The average molecular weight is 322 g/mol. The van der Waals surface area contributed by atoms with Gasteiger partial charge < -0.3 is 0 Å². The van der Waals surface area contributed by atoms with Crippen molar-refractivity contribution in [3.05, 3.63) is 18.7 Å². The van der Waals surface area contributed by atoms with Crippen molar-refractivity contribution < 1.29 is 4.57 Å². The molecule has 0 saturated heterocycles. The van der Waals surface area contributed by atoms with Crippen molar-refractivity contribution in [2.45, 2.75) is 117 Å². The van der Waals surface area contributed by atoms with Crippen molar-refractivity contribution in [3.8, 4) is 0 Å². The lowest BCUT2D eigenvalue weighted by Gasteiger charge is -2.02. The van der Waals surface area contributed by atoms with Crippen molar-refractivity contribution >= 4 is 0 Å². The van der Waals surface area contributed by atoms with Gasteiger partial charge in [-0.2, -0.15) is 0 Å². The molecule has 1 aromatic heterocycles. The van der Waals surface area contributed by atoms with Gasteiger partial charge in [-0.1, -0.05) is 84.5 Å². The molecule has 1 heterocycles. The van der Waals surface area contributed by atoms with Gasteiger partial charge in [0.15, 0.2) is 0 Å². The van der Waals surface area contributed by atoms with Gasteiger partial charge in [0.2, 0.25) is 6.33 Å². The molecule has 0 N–H and O–H groups in total. The van der Waals surface area contributed by atoms with Gasteiger partial charge in [-0.15, -0.1) is 0 Å². The van der Waals surface area contributed by atoms with Gasteiger partial charge in [-0.25, -0.2) is 9.13 Å². The minimum atomic E-state index is 1.14. The first-order valence-electron chi connectivity index (χ1n) is 10.4. The maximum absolute atomic E-state index is 2.34. The Morgan fingerprint density at radius 3 is 1.70 bits per heavy atom. The van der Waals surface area contributed by atoms with Gasteiger partial charge in [0, 0.05) is 0 Å². The maximum Gasteiger partial charge on any atom is 0.243 e. The summed E-state index contributed by atoms with van der Waals surface area (Å²) in [6.07, 6.45) is 26.5. The zero-order valence-corrected chi connectivity index (χ0v) is 15.9. The lowest BCUT2D eigenvalue weighted by Crippen LogP contribution is -2.30. The van der Waals surface area contributed by atoms with Gasteiger partial charge in [0.25, 0.3) is 0 Å². The van der Waals surface area contributed by atoms with E-state index in [4.69, 9.17) is 0 Å². The fraction of sp³-hybridized carbons (Fsp3) is 0.857. The standard InChI is InChI=1S/C21H41N2/c1-3-5-6-7-8-9-10-11-12-13-14-15-16-18-23-20-19-22(21-23)17-4-2/h19-21H,3-18H2,1-2H3/q+1. The SMILES string of the molecule is CCCCCCCCCCCCCCCn1cc[n+](CCC)c1. The monoisotopic (exact) mass is 321 g/mol. The molecule has 0 radical (unpaired) electrons. The highest BCUT2D eigenvalue weighted by Crippen LogP contribution is 2.12. The fourth-order valence-electron chi connectivity index (χ4n) is 3.27. The number of hydrogen-bond donors (Lipinski definition) is 0. The molecule has 0 aliphatic carbocycles. The third-order valence-electron chi connectivity index (χ3n) is 4.75. The normalized spacial score (nSPS) is 11.2. The van der Waals surface area contributed by atoms with Crippen LogP contribution in [0.1, 0.15) is 104 Å². The minimum absolute atomic E-state index is 1.14. The van der Waals surface area contributed by atoms with Gasteiger partial charge in [-0.3, -0.25) is 0 Å². The molecule has 0 aliphatic heterocycles. The summed E-state index contributed by atoms with van der Waals surface area (Å²) in [6, 6.07) is 0. The molecule has 0 aromatic carbocycles. The highest BCUT2D eigenvalue weighted by atomic mass is 15.1. The van der Waals surface area contributed by atoms with E-state index in [9.17, 15) is 0 Å². The second-order valence-corrected chi connectivity index (χ2v) is 7.13. The number of imidazole rings is 1. The molecule has 0 spiro atoms. The smallest absolute Gasteiger partial charge is 0.237 e. The molecular formula is C21H41N2+. The molecule has 0 atom stereocenters. The Bertz CT molecular complexity index is 356. The predicted molar refractivity (Wildman–Crippen MR) is 101 cm³/mol. The Kier molecular flexibility index (Phi) is 13.0. The van der Waals surface area contributed by atoms with Crippen molar-refractivity contribution in [1.29, 1.82) is 0 Å². The highest BCUT2D eigenvalue weighted by Gasteiger charge is 2.02. The largest absolute Gasteiger partial charge is 0.243 e. The van der Waals surface area contributed by atoms with Crippen LogP contribution in [0, 0.1) is 0 Å². The lowest BCUT2D eigenvalue weighted by atomic mass is 10.0. The molecule has 1 aromatic rings. The number of nitrogens with zero attached hydrogens (tertiary/aromatic N) is 2. The summed E-state index contributed by atoms with van der Waals surface area (Å²) in [6.45, 7) is 6.86.